The summed E-state index contributed by atoms with van der Waals surface area (Å²) in [5.74, 6) is -0.105. The lowest BCUT2D eigenvalue weighted by molar-refractivity contribution is 0.101. The molecular formula is C18H14ClNO2. The summed E-state index contributed by atoms with van der Waals surface area (Å²) < 4.78 is 5.76. The third-order valence-corrected chi connectivity index (χ3v) is 4.60. The van der Waals surface area contributed by atoms with Crippen LogP contribution in [0.2, 0.25) is 5.02 Å². The molecule has 0 bridgehead atoms. The predicted octanol–water partition coefficient (Wildman–Crippen LogP) is 4.39. The molecule has 1 heterocycles. The molecule has 0 saturated heterocycles. The summed E-state index contributed by atoms with van der Waals surface area (Å²) in [6.45, 7) is 0. The lowest BCUT2D eigenvalue weighted by Gasteiger charge is -2.01. The van der Waals surface area contributed by atoms with Crippen LogP contribution in [0.4, 0.5) is 5.69 Å². The summed E-state index contributed by atoms with van der Waals surface area (Å²) in [5.41, 5.74) is 10.2. The molecule has 1 aromatic heterocycles. The number of rotatable bonds is 2. The summed E-state index contributed by atoms with van der Waals surface area (Å²) in [5, 5.41) is 1.21. The first-order valence-corrected chi connectivity index (χ1v) is 7.66. The van der Waals surface area contributed by atoms with Crippen LogP contribution in [0.3, 0.4) is 0 Å². The van der Waals surface area contributed by atoms with Gasteiger partial charge in [0.05, 0.1) is 10.7 Å². The van der Waals surface area contributed by atoms with E-state index in [4.69, 9.17) is 21.8 Å². The molecule has 0 atom stereocenters. The molecule has 110 valence electrons. The van der Waals surface area contributed by atoms with E-state index in [9.17, 15) is 4.79 Å². The zero-order valence-corrected chi connectivity index (χ0v) is 12.6. The fourth-order valence-electron chi connectivity index (χ4n) is 3.12. The van der Waals surface area contributed by atoms with Crippen molar-refractivity contribution in [2.24, 2.45) is 0 Å². The fourth-order valence-corrected chi connectivity index (χ4v) is 3.34. The number of ketones is 1. The van der Waals surface area contributed by atoms with E-state index in [2.05, 4.69) is 6.07 Å². The molecule has 0 unspecified atom stereocenters. The number of fused-ring (bicyclic) bond motifs is 2. The maximum absolute atomic E-state index is 12.7. The summed E-state index contributed by atoms with van der Waals surface area (Å²) in [4.78, 5) is 12.7. The van der Waals surface area contributed by atoms with Gasteiger partial charge in [0.25, 0.3) is 0 Å². The second kappa shape index (κ2) is 4.89. The molecule has 1 aliphatic carbocycles. The molecule has 0 fully saturated rings. The highest BCUT2D eigenvalue weighted by molar-refractivity contribution is 6.35. The van der Waals surface area contributed by atoms with Gasteiger partial charge in [-0.2, -0.15) is 0 Å². The molecule has 4 heteroatoms. The average molecular weight is 312 g/mol. The molecular weight excluding hydrogens is 298 g/mol. The maximum Gasteiger partial charge on any atom is 0.231 e. The van der Waals surface area contributed by atoms with E-state index in [0.717, 1.165) is 24.6 Å². The van der Waals surface area contributed by atoms with E-state index in [0.29, 0.717) is 21.9 Å². The number of halogens is 1. The van der Waals surface area contributed by atoms with Crippen LogP contribution in [0.5, 0.6) is 0 Å². The van der Waals surface area contributed by atoms with Crippen LogP contribution in [-0.4, -0.2) is 5.78 Å². The fraction of sp³-hybridized carbons (Fsp3) is 0.167. The van der Waals surface area contributed by atoms with Crippen LogP contribution in [0.25, 0.3) is 11.0 Å². The smallest absolute Gasteiger partial charge is 0.231 e. The standard InChI is InChI=1S/C18H14ClNO2/c19-14-7-2-1-6-12(14)17(21)18-16(20)13-8-10-4-3-5-11(10)9-15(13)22-18/h1-2,6-9H,3-5,20H2. The lowest BCUT2D eigenvalue weighted by atomic mass is 10.0. The molecule has 3 aromatic rings. The minimum Gasteiger partial charge on any atom is -0.450 e. The number of nitrogens with two attached hydrogens (primary N) is 1. The molecule has 0 spiro atoms. The Morgan fingerprint density at radius 2 is 1.86 bits per heavy atom. The first-order valence-electron chi connectivity index (χ1n) is 7.28. The molecule has 0 amide bonds. The number of anilines is 1. The van der Waals surface area contributed by atoms with Gasteiger partial charge in [-0.1, -0.05) is 23.7 Å². The monoisotopic (exact) mass is 311 g/mol. The Bertz CT molecular complexity index is 911. The number of furan rings is 1. The summed E-state index contributed by atoms with van der Waals surface area (Å²) in [7, 11) is 0. The van der Waals surface area contributed by atoms with Crippen molar-refractivity contribution < 1.29 is 9.21 Å². The molecule has 0 radical (unpaired) electrons. The van der Waals surface area contributed by atoms with Gasteiger partial charge in [-0.05, 0) is 54.7 Å². The summed E-state index contributed by atoms with van der Waals surface area (Å²) in [6, 6.07) is 11.0. The SMILES string of the molecule is Nc1c(C(=O)c2ccccc2Cl)oc2cc3c(cc12)CCC3. The van der Waals surface area contributed by atoms with Crippen LogP contribution < -0.4 is 5.73 Å². The number of carbonyl (C=O) groups is 1. The molecule has 2 aromatic carbocycles. The quantitative estimate of drug-likeness (QED) is 0.714. The molecule has 0 saturated carbocycles. The topological polar surface area (TPSA) is 56.2 Å². The largest absolute Gasteiger partial charge is 0.450 e. The first-order chi connectivity index (χ1) is 10.6. The normalized spacial score (nSPS) is 13.5. The van der Waals surface area contributed by atoms with E-state index >= 15 is 0 Å². The van der Waals surface area contributed by atoms with Crippen molar-refractivity contribution in [2.75, 3.05) is 5.73 Å². The van der Waals surface area contributed by atoms with Gasteiger partial charge in [0, 0.05) is 10.9 Å². The van der Waals surface area contributed by atoms with E-state index < -0.39 is 0 Å². The minimum atomic E-state index is -0.278. The Morgan fingerprint density at radius 1 is 1.14 bits per heavy atom. The molecule has 4 rings (SSSR count). The first kappa shape index (κ1) is 13.4. The van der Waals surface area contributed by atoms with Gasteiger partial charge in [-0.3, -0.25) is 4.79 Å². The Labute approximate surface area is 132 Å². The Morgan fingerprint density at radius 3 is 2.64 bits per heavy atom. The van der Waals surface area contributed by atoms with Crippen molar-refractivity contribution in [3.8, 4) is 0 Å². The number of hydrogen-bond donors (Lipinski definition) is 1. The van der Waals surface area contributed by atoms with Gasteiger partial charge in [0.2, 0.25) is 5.78 Å². The lowest BCUT2D eigenvalue weighted by Crippen LogP contribution is -2.03. The summed E-state index contributed by atoms with van der Waals surface area (Å²) >= 11 is 6.10. The van der Waals surface area contributed by atoms with Gasteiger partial charge >= 0.3 is 0 Å². The highest BCUT2D eigenvalue weighted by atomic mass is 35.5. The number of aryl methyl sites for hydroxylation is 2. The third kappa shape index (κ3) is 1.93. The van der Waals surface area contributed by atoms with Gasteiger partial charge in [-0.25, -0.2) is 0 Å². The zero-order valence-electron chi connectivity index (χ0n) is 11.9. The Kier molecular flexibility index (Phi) is 2.98. The van der Waals surface area contributed by atoms with Crippen LogP contribution in [0.15, 0.2) is 40.8 Å². The highest BCUT2D eigenvalue weighted by Gasteiger charge is 2.23. The molecule has 0 aliphatic heterocycles. The van der Waals surface area contributed by atoms with Gasteiger partial charge in [0.1, 0.15) is 5.58 Å². The second-order valence-electron chi connectivity index (χ2n) is 5.62. The minimum absolute atomic E-state index is 0.173. The van der Waals surface area contributed by atoms with Crippen molar-refractivity contribution in [1.29, 1.82) is 0 Å². The Balaban J connectivity index is 1.88. The number of carbonyl (C=O) groups excluding carboxylic acids is 1. The zero-order chi connectivity index (χ0) is 15.3. The van der Waals surface area contributed by atoms with E-state index in [1.54, 1.807) is 24.3 Å². The van der Waals surface area contributed by atoms with E-state index in [1.807, 2.05) is 6.07 Å². The van der Waals surface area contributed by atoms with Crippen molar-refractivity contribution in [3.63, 3.8) is 0 Å². The van der Waals surface area contributed by atoms with Crippen LogP contribution >= 0.6 is 11.6 Å². The van der Waals surface area contributed by atoms with Crippen LogP contribution in [-0.2, 0) is 12.8 Å². The van der Waals surface area contributed by atoms with E-state index in [1.165, 1.54) is 11.1 Å². The predicted molar refractivity (Wildman–Crippen MR) is 87.5 cm³/mol. The van der Waals surface area contributed by atoms with Crippen molar-refractivity contribution in [1.82, 2.24) is 0 Å². The number of benzene rings is 2. The second-order valence-corrected chi connectivity index (χ2v) is 6.03. The van der Waals surface area contributed by atoms with Gasteiger partial charge in [-0.15, -0.1) is 0 Å². The highest BCUT2D eigenvalue weighted by Crippen LogP contribution is 2.35. The van der Waals surface area contributed by atoms with Crippen LogP contribution in [0.1, 0.15) is 33.7 Å². The number of hydrogen-bond acceptors (Lipinski definition) is 3. The Hall–Kier alpha value is -2.26. The third-order valence-electron chi connectivity index (χ3n) is 4.27. The average Bonchev–Trinajstić information content (AvgIpc) is 3.09. The molecule has 1 aliphatic rings. The molecule has 22 heavy (non-hydrogen) atoms. The molecule has 2 N–H and O–H groups in total. The van der Waals surface area contributed by atoms with Gasteiger partial charge in [0.15, 0.2) is 5.76 Å². The van der Waals surface area contributed by atoms with Crippen molar-refractivity contribution >= 4 is 34.0 Å². The summed E-state index contributed by atoms with van der Waals surface area (Å²) in [6.07, 6.45) is 3.27. The van der Waals surface area contributed by atoms with Crippen molar-refractivity contribution in [3.05, 3.63) is 63.9 Å². The number of nitrogen functional groups attached to an aromatic ring is 1. The molecule has 3 nitrogen and oxygen atoms in total. The van der Waals surface area contributed by atoms with Crippen LogP contribution in [0, 0.1) is 0 Å². The van der Waals surface area contributed by atoms with E-state index in [-0.39, 0.29) is 11.5 Å². The maximum atomic E-state index is 12.7. The van der Waals surface area contributed by atoms with Crippen molar-refractivity contribution in [2.45, 2.75) is 19.3 Å². The van der Waals surface area contributed by atoms with Gasteiger partial charge < -0.3 is 10.2 Å².